The molecule has 15 heavy (non-hydrogen) atoms. The van der Waals surface area contributed by atoms with E-state index in [1.807, 2.05) is 6.07 Å². The second-order valence-corrected chi connectivity index (χ2v) is 4.11. The summed E-state index contributed by atoms with van der Waals surface area (Å²) in [6, 6.07) is 1.93. The van der Waals surface area contributed by atoms with E-state index in [-0.39, 0.29) is 0 Å². The van der Waals surface area contributed by atoms with Gasteiger partial charge in [-0.2, -0.15) is 0 Å². The summed E-state index contributed by atoms with van der Waals surface area (Å²) < 4.78 is 4.93. The zero-order valence-corrected chi connectivity index (χ0v) is 9.80. The van der Waals surface area contributed by atoms with E-state index < -0.39 is 0 Å². The molecule has 0 amide bonds. The second-order valence-electron chi connectivity index (χ2n) is 2.99. The minimum Gasteiger partial charge on any atom is -0.383 e. The van der Waals surface area contributed by atoms with Gasteiger partial charge < -0.3 is 10.1 Å². The second kappa shape index (κ2) is 8.64. The molecule has 5 heteroatoms. The third kappa shape index (κ3) is 6.43. The fourth-order valence-corrected chi connectivity index (χ4v) is 1.81. The molecule has 84 valence electrons. The van der Waals surface area contributed by atoms with E-state index in [1.54, 1.807) is 31.4 Å². The first-order valence-corrected chi connectivity index (χ1v) is 6.00. The van der Waals surface area contributed by atoms with Crippen molar-refractivity contribution >= 4 is 11.8 Å². The fraction of sp³-hybridized carbons (Fsp3) is 0.600. The van der Waals surface area contributed by atoms with Crippen LogP contribution < -0.4 is 5.32 Å². The Morgan fingerprint density at radius 2 is 2.40 bits per heavy atom. The van der Waals surface area contributed by atoms with Crippen molar-refractivity contribution in [2.24, 2.45) is 0 Å². The molecule has 1 aromatic rings. The SMILES string of the molecule is COCCNCCCSc1ccncn1. The third-order valence-corrected chi connectivity index (χ3v) is 2.82. The summed E-state index contributed by atoms with van der Waals surface area (Å²) in [6.07, 6.45) is 4.49. The summed E-state index contributed by atoms with van der Waals surface area (Å²) in [5.41, 5.74) is 0. The highest BCUT2D eigenvalue weighted by Gasteiger charge is 1.93. The van der Waals surface area contributed by atoms with Crippen LogP contribution in [0.25, 0.3) is 0 Å². The number of aromatic nitrogens is 2. The van der Waals surface area contributed by atoms with Gasteiger partial charge >= 0.3 is 0 Å². The van der Waals surface area contributed by atoms with Crippen LogP contribution in [0.15, 0.2) is 23.6 Å². The summed E-state index contributed by atoms with van der Waals surface area (Å²) >= 11 is 1.76. The van der Waals surface area contributed by atoms with E-state index in [0.29, 0.717) is 0 Å². The Labute approximate surface area is 94.8 Å². The average molecular weight is 227 g/mol. The molecular formula is C10H17N3OS. The summed E-state index contributed by atoms with van der Waals surface area (Å²) in [4.78, 5) is 8.01. The van der Waals surface area contributed by atoms with Crippen LogP contribution >= 0.6 is 11.8 Å². The number of rotatable bonds is 8. The average Bonchev–Trinajstić information content (AvgIpc) is 2.29. The lowest BCUT2D eigenvalue weighted by Gasteiger charge is -2.03. The molecule has 0 fully saturated rings. The topological polar surface area (TPSA) is 47.0 Å². The maximum Gasteiger partial charge on any atom is 0.116 e. The van der Waals surface area contributed by atoms with Gasteiger partial charge in [0.05, 0.1) is 11.6 Å². The van der Waals surface area contributed by atoms with Crippen molar-refractivity contribution in [1.29, 1.82) is 0 Å². The van der Waals surface area contributed by atoms with Crippen LogP contribution in [0.5, 0.6) is 0 Å². The van der Waals surface area contributed by atoms with Crippen LogP contribution in [0.1, 0.15) is 6.42 Å². The molecule has 1 aromatic heterocycles. The number of hydrogen-bond acceptors (Lipinski definition) is 5. The monoisotopic (exact) mass is 227 g/mol. The molecule has 0 spiro atoms. The molecule has 0 bridgehead atoms. The van der Waals surface area contributed by atoms with Crippen LogP contribution in [0, 0.1) is 0 Å². The van der Waals surface area contributed by atoms with Gasteiger partial charge in [0.15, 0.2) is 0 Å². The Balaban J connectivity index is 1.93. The third-order valence-electron chi connectivity index (χ3n) is 1.79. The van der Waals surface area contributed by atoms with Gasteiger partial charge in [0, 0.05) is 25.6 Å². The Morgan fingerprint density at radius 3 is 3.13 bits per heavy atom. The van der Waals surface area contributed by atoms with Gasteiger partial charge in [-0.25, -0.2) is 9.97 Å². The van der Waals surface area contributed by atoms with E-state index in [1.165, 1.54) is 0 Å². The van der Waals surface area contributed by atoms with Crippen LogP contribution in [0.3, 0.4) is 0 Å². The largest absolute Gasteiger partial charge is 0.383 e. The van der Waals surface area contributed by atoms with Crippen molar-refractivity contribution < 1.29 is 4.74 Å². The summed E-state index contributed by atoms with van der Waals surface area (Å²) in [5, 5.41) is 4.34. The molecule has 1 rings (SSSR count). The predicted molar refractivity (Wildman–Crippen MR) is 62.1 cm³/mol. The van der Waals surface area contributed by atoms with E-state index in [9.17, 15) is 0 Å². The standard InChI is InChI=1S/C10H17N3OS/c1-14-7-6-11-4-2-8-15-10-3-5-12-9-13-10/h3,5,9,11H,2,4,6-8H2,1H3. The first-order chi connectivity index (χ1) is 7.43. The number of nitrogens with one attached hydrogen (secondary N) is 1. The maximum absolute atomic E-state index is 4.93. The van der Waals surface area contributed by atoms with E-state index in [0.717, 1.165) is 36.9 Å². The van der Waals surface area contributed by atoms with Crippen LogP contribution in [0.2, 0.25) is 0 Å². The Morgan fingerprint density at radius 1 is 1.47 bits per heavy atom. The van der Waals surface area contributed by atoms with Gasteiger partial charge in [-0.15, -0.1) is 11.8 Å². The molecule has 0 aliphatic heterocycles. The molecule has 0 radical (unpaired) electrons. The maximum atomic E-state index is 4.93. The quantitative estimate of drug-likeness (QED) is 0.411. The summed E-state index contributed by atoms with van der Waals surface area (Å²) in [5.74, 6) is 1.08. The lowest BCUT2D eigenvalue weighted by molar-refractivity contribution is 0.199. The number of methoxy groups -OCH3 is 1. The van der Waals surface area contributed by atoms with Crippen molar-refractivity contribution in [3.63, 3.8) is 0 Å². The number of ether oxygens (including phenoxy) is 1. The summed E-state index contributed by atoms with van der Waals surface area (Å²) in [7, 11) is 1.71. The lowest BCUT2D eigenvalue weighted by Crippen LogP contribution is -2.20. The number of hydrogen-bond donors (Lipinski definition) is 1. The molecule has 4 nitrogen and oxygen atoms in total. The van der Waals surface area contributed by atoms with Crippen LogP contribution in [0.4, 0.5) is 0 Å². The zero-order chi connectivity index (χ0) is 10.8. The number of thioether (sulfide) groups is 1. The summed E-state index contributed by atoms with van der Waals surface area (Å²) in [6.45, 7) is 2.73. The Kier molecular flexibility index (Phi) is 7.16. The van der Waals surface area contributed by atoms with Crippen molar-refractivity contribution in [3.8, 4) is 0 Å². The van der Waals surface area contributed by atoms with Gasteiger partial charge in [-0.05, 0) is 19.0 Å². The van der Waals surface area contributed by atoms with Gasteiger partial charge in [0.25, 0.3) is 0 Å². The predicted octanol–water partition coefficient (Wildman–Crippen LogP) is 1.19. The first-order valence-electron chi connectivity index (χ1n) is 5.02. The van der Waals surface area contributed by atoms with E-state index in [4.69, 9.17) is 4.74 Å². The highest BCUT2D eigenvalue weighted by atomic mass is 32.2. The molecule has 0 saturated heterocycles. The minimum atomic E-state index is 0.777. The fourth-order valence-electron chi connectivity index (χ4n) is 1.04. The van der Waals surface area contributed by atoms with Crippen LogP contribution in [-0.2, 0) is 4.74 Å². The Bertz CT molecular complexity index is 246. The smallest absolute Gasteiger partial charge is 0.116 e. The first kappa shape index (κ1) is 12.4. The van der Waals surface area contributed by atoms with Gasteiger partial charge in [0.1, 0.15) is 6.33 Å². The molecule has 0 atom stereocenters. The Hall–Kier alpha value is -0.650. The minimum absolute atomic E-state index is 0.777. The van der Waals surface area contributed by atoms with Crippen molar-refractivity contribution in [2.75, 3.05) is 32.6 Å². The normalized spacial score (nSPS) is 10.5. The van der Waals surface area contributed by atoms with E-state index >= 15 is 0 Å². The molecular weight excluding hydrogens is 210 g/mol. The highest BCUT2D eigenvalue weighted by molar-refractivity contribution is 7.99. The van der Waals surface area contributed by atoms with Gasteiger partial charge in [-0.1, -0.05) is 0 Å². The molecule has 0 aliphatic rings. The molecule has 1 N–H and O–H groups in total. The molecule has 1 heterocycles. The molecule has 0 aliphatic carbocycles. The van der Waals surface area contributed by atoms with E-state index in [2.05, 4.69) is 15.3 Å². The highest BCUT2D eigenvalue weighted by Crippen LogP contribution is 2.13. The van der Waals surface area contributed by atoms with Crippen molar-refractivity contribution in [1.82, 2.24) is 15.3 Å². The molecule has 0 saturated carbocycles. The van der Waals surface area contributed by atoms with Crippen molar-refractivity contribution in [3.05, 3.63) is 18.6 Å². The molecule has 0 aromatic carbocycles. The van der Waals surface area contributed by atoms with Crippen molar-refractivity contribution in [2.45, 2.75) is 11.4 Å². The number of nitrogens with zero attached hydrogens (tertiary/aromatic N) is 2. The van der Waals surface area contributed by atoms with Gasteiger partial charge in [-0.3, -0.25) is 0 Å². The van der Waals surface area contributed by atoms with Gasteiger partial charge in [0.2, 0.25) is 0 Å². The molecule has 0 unspecified atom stereocenters. The zero-order valence-electron chi connectivity index (χ0n) is 8.98. The van der Waals surface area contributed by atoms with Crippen LogP contribution in [-0.4, -0.2) is 42.5 Å². The lowest BCUT2D eigenvalue weighted by atomic mass is 10.5.